The van der Waals surface area contributed by atoms with Crippen LogP contribution in [0.3, 0.4) is 0 Å². The van der Waals surface area contributed by atoms with Crippen LogP contribution in [-0.2, 0) is 16.0 Å². The Kier molecular flexibility index (Phi) is 12.5. The fourth-order valence-corrected chi connectivity index (χ4v) is 9.39. The van der Waals surface area contributed by atoms with Crippen LogP contribution in [0.2, 0.25) is 0 Å². The molecule has 2 aliphatic heterocycles. The van der Waals surface area contributed by atoms with E-state index in [-0.39, 0.29) is 33.2 Å². The third-order valence-corrected chi connectivity index (χ3v) is 11.7. The lowest BCUT2D eigenvalue weighted by Crippen LogP contribution is -2.51. The average Bonchev–Trinajstić information content (AvgIpc) is 3.81. The highest BCUT2D eigenvalue weighted by atomic mass is 16.4. The van der Waals surface area contributed by atoms with Gasteiger partial charge in [0.1, 0.15) is 17.7 Å². The van der Waals surface area contributed by atoms with E-state index in [1.165, 1.54) is 45.1 Å². The molecular formula is C39H63N2O4+. The van der Waals surface area contributed by atoms with Gasteiger partial charge >= 0.3 is 0 Å². The summed E-state index contributed by atoms with van der Waals surface area (Å²) in [6.45, 7) is 3.82. The minimum absolute atomic E-state index is 0. The summed E-state index contributed by atoms with van der Waals surface area (Å²) in [6, 6.07) is 20.5. The van der Waals surface area contributed by atoms with Gasteiger partial charge in [0.25, 0.3) is 0 Å². The van der Waals surface area contributed by atoms with Crippen molar-refractivity contribution >= 4 is 5.97 Å². The van der Waals surface area contributed by atoms with Crippen molar-refractivity contribution in [3.8, 4) is 0 Å². The normalized spacial score (nSPS) is 29.0. The van der Waals surface area contributed by atoms with Crippen molar-refractivity contribution in [2.45, 2.75) is 90.3 Å². The minimum Gasteiger partial charge on any atom is -0.544 e. The molecule has 4 aliphatic rings. The Morgan fingerprint density at radius 1 is 0.667 bits per heavy atom. The molecule has 2 saturated carbocycles. The molecule has 2 heterocycles. The van der Waals surface area contributed by atoms with Crippen LogP contribution in [0.25, 0.3) is 0 Å². The number of aliphatic hydroxyl groups is 2. The number of benzene rings is 2. The summed E-state index contributed by atoms with van der Waals surface area (Å²) in [4.78, 5) is 11.1. The third-order valence-electron chi connectivity index (χ3n) is 11.7. The summed E-state index contributed by atoms with van der Waals surface area (Å²) in [5, 5.41) is 34.5. The number of hydrogen-bond donors (Lipinski definition) is 2. The van der Waals surface area contributed by atoms with Crippen molar-refractivity contribution in [1.82, 2.24) is 0 Å². The maximum atomic E-state index is 11.8. The van der Waals surface area contributed by atoms with E-state index in [4.69, 9.17) is 0 Å². The first-order valence-electron chi connectivity index (χ1n) is 16.9. The van der Waals surface area contributed by atoms with Crippen LogP contribution in [0, 0.1) is 23.7 Å². The van der Waals surface area contributed by atoms with Gasteiger partial charge in [-0.2, -0.15) is 0 Å². The molecule has 2 N–H and O–H groups in total. The Morgan fingerprint density at radius 2 is 1.07 bits per heavy atom. The van der Waals surface area contributed by atoms with Gasteiger partial charge in [0.2, 0.25) is 0 Å². The summed E-state index contributed by atoms with van der Waals surface area (Å²) in [5.74, 6) is 0.245. The molecule has 6 nitrogen and oxygen atoms in total. The first kappa shape index (κ1) is 37.2. The largest absolute Gasteiger partial charge is 0.544 e. The van der Waals surface area contributed by atoms with Crippen molar-refractivity contribution in [2.75, 3.05) is 53.9 Å². The van der Waals surface area contributed by atoms with Crippen molar-refractivity contribution in [3.05, 3.63) is 71.8 Å². The Morgan fingerprint density at radius 3 is 1.44 bits per heavy atom. The fraction of sp³-hybridized carbons (Fsp3) is 0.667. The lowest BCUT2D eigenvalue weighted by Gasteiger charge is -2.40. The molecule has 2 aromatic carbocycles. The zero-order valence-electron chi connectivity index (χ0n) is 26.8. The highest BCUT2D eigenvalue weighted by molar-refractivity contribution is 5.65. The van der Waals surface area contributed by atoms with E-state index in [0.29, 0.717) is 22.9 Å². The number of carboxylic acid groups (broad SMARTS) is 1. The highest BCUT2D eigenvalue weighted by Crippen LogP contribution is 2.50. The van der Waals surface area contributed by atoms with Crippen molar-refractivity contribution in [3.63, 3.8) is 0 Å². The number of likely N-dealkylation sites (tertiary alicyclic amines) is 2. The Labute approximate surface area is 274 Å². The third kappa shape index (κ3) is 8.01. The number of carbonyl (C=O) groups excluding carboxylic acids is 1. The molecule has 4 fully saturated rings. The molecule has 2 saturated heterocycles. The number of rotatable bonds is 8. The number of aliphatic carboxylic acids is 1. The second-order valence-corrected chi connectivity index (χ2v) is 15.2. The maximum absolute atomic E-state index is 11.8. The second-order valence-electron chi connectivity index (χ2n) is 15.2. The monoisotopic (exact) mass is 623 g/mol. The average molecular weight is 624 g/mol. The van der Waals surface area contributed by atoms with E-state index in [0.717, 1.165) is 54.4 Å². The Bertz CT molecular complexity index is 1190. The summed E-state index contributed by atoms with van der Waals surface area (Å²) >= 11 is 0. The van der Waals surface area contributed by atoms with Crippen LogP contribution in [0.5, 0.6) is 0 Å². The van der Waals surface area contributed by atoms with Gasteiger partial charge in [-0.15, -0.1) is 0 Å². The van der Waals surface area contributed by atoms with Gasteiger partial charge in [0, 0.05) is 24.7 Å². The molecule has 0 aromatic heterocycles. The Hall–Kier alpha value is -2.25. The molecular weight excluding hydrogens is 560 g/mol. The summed E-state index contributed by atoms with van der Waals surface area (Å²) in [5.41, 5.74) is 0.710. The molecule has 2 aliphatic carbocycles. The molecule has 0 spiro atoms. The van der Waals surface area contributed by atoms with Crippen LogP contribution in [0.1, 0.15) is 90.2 Å². The number of nitrogens with zero attached hydrogens (tertiary/aromatic N) is 2. The van der Waals surface area contributed by atoms with E-state index < -0.39 is 17.2 Å². The number of quaternary nitrogens is 2. The first-order valence-corrected chi connectivity index (χ1v) is 16.9. The van der Waals surface area contributed by atoms with E-state index >= 15 is 0 Å². The van der Waals surface area contributed by atoms with Crippen LogP contribution >= 0.6 is 0 Å². The predicted molar refractivity (Wildman–Crippen MR) is 182 cm³/mol. The van der Waals surface area contributed by atoms with Gasteiger partial charge in [0.05, 0.1) is 53.3 Å². The standard InChI is InChI=1S/C19H27NO3.C18H28NO.2CH4/c1-20(14-18(21)22)12-11-17(13-20)19(23,16-9-5-6-10-16)15-7-3-2-4-8-15;1-19(2)13-12-17(14-19)18(20,16-10-6-7-11-16)15-8-4-3-5-9-15;;/h2-4,7-8,16-17,23H,5-6,9-14H2,1H3;3-5,8-9,16-17,20H,6-7,10-14H2,1-2H3;2*1H4/q;+1;;. The minimum atomic E-state index is -1.00. The van der Waals surface area contributed by atoms with E-state index in [1.54, 1.807) is 0 Å². The zero-order chi connectivity index (χ0) is 30.7. The topological polar surface area (TPSA) is 80.6 Å². The summed E-state index contributed by atoms with van der Waals surface area (Å²) < 4.78 is 1.52. The smallest absolute Gasteiger partial charge is 0.119 e. The van der Waals surface area contributed by atoms with Crippen LogP contribution in [0.15, 0.2) is 60.7 Å². The number of carboxylic acids is 1. The van der Waals surface area contributed by atoms with Gasteiger partial charge in [-0.3, -0.25) is 0 Å². The van der Waals surface area contributed by atoms with Gasteiger partial charge in [-0.05, 0) is 48.6 Å². The van der Waals surface area contributed by atoms with E-state index in [1.807, 2.05) is 43.4 Å². The molecule has 5 atom stereocenters. The molecule has 2 aromatic rings. The SMILES string of the molecule is C.C.C[N+]1(C)CCC(C(O)(c2ccccc2)C2CCCC2)C1.C[N+]1(CC(=O)[O-])CCC(C(O)(c2ccccc2)C2CCCC2)C1. The molecule has 0 amide bonds. The van der Waals surface area contributed by atoms with Crippen molar-refractivity contribution in [2.24, 2.45) is 23.7 Å². The number of hydrogen-bond acceptors (Lipinski definition) is 4. The van der Waals surface area contributed by atoms with Crippen LogP contribution < -0.4 is 5.11 Å². The lowest BCUT2D eigenvalue weighted by molar-refractivity contribution is -0.894. The van der Waals surface area contributed by atoms with E-state index in [2.05, 4.69) is 38.4 Å². The molecule has 0 bridgehead atoms. The van der Waals surface area contributed by atoms with Gasteiger partial charge < -0.3 is 29.1 Å². The highest BCUT2D eigenvalue weighted by Gasteiger charge is 2.52. The Balaban J connectivity index is 0.000000237. The fourth-order valence-electron chi connectivity index (χ4n) is 9.39. The van der Waals surface area contributed by atoms with E-state index in [9.17, 15) is 20.1 Å². The number of likely N-dealkylation sites (N-methyl/N-ethyl adjacent to an activating group) is 1. The van der Waals surface area contributed by atoms with Gasteiger partial charge in [-0.1, -0.05) is 101 Å². The number of carbonyl (C=O) groups is 1. The molecule has 0 radical (unpaired) electrons. The predicted octanol–water partition coefficient (Wildman–Crippen LogP) is 5.71. The molecule has 6 rings (SSSR count). The lowest BCUT2D eigenvalue weighted by atomic mass is 9.71. The molecule has 45 heavy (non-hydrogen) atoms. The maximum Gasteiger partial charge on any atom is 0.119 e. The van der Waals surface area contributed by atoms with Gasteiger partial charge in [0.15, 0.2) is 0 Å². The van der Waals surface area contributed by atoms with Crippen LogP contribution in [-0.4, -0.2) is 79.0 Å². The van der Waals surface area contributed by atoms with Gasteiger partial charge in [-0.25, -0.2) is 0 Å². The quantitative estimate of drug-likeness (QED) is 0.369. The van der Waals surface area contributed by atoms with Crippen molar-refractivity contribution in [1.29, 1.82) is 0 Å². The molecule has 6 heteroatoms. The van der Waals surface area contributed by atoms with Crippen molar-refractivity contribution < 1.29 is 29.1 Å². The summed E-state index contributed by atoms with van der Waals surface area (Å²) in [6.07, 6.45) is 11.4. The molecule has 5 unspecified atom stereocenters. The van der Waals surface area contributed by atoms with Crippen LogP contribution in [0.4, 0.5) is 0 Å². The first-order chi connectivity index (χ1) is 20.5. The summed E-state index contributed by atoms with van der Waals surface area (Å²) in [7, 11) is 6.55. The zero-order valence-corrected chi connectivity index (χ0v) is 26.8. The molecule has 252 valence electrons. The second kappa shape index (κ2) is 15.1.